The molecule has 6 N–H and O–H groups in total. The van der Waals surface area contributed by atoms with Gasteiger partial charge in [0, 0.05) is 0 Å². The maximum Gasteiger partial charge on any atom is 0.318 e. The van der Waals surface area contributed by atoms with Crippen molar-refractivity contribution in [3.8, 4) is 0 Å². The van der Waals surface area contributed by atoms with E-state index in [2.05, 4.69) is 11.1 Å². The number of imide groups is 1. The summed E-state index contributed by atoms with van der Waals surface area (Å²) in [6, 6.07) is -0.930. The predicted molar refractivity (Wildman–Crippen MR) is 39.8 cm³/mol. The molecule has 0 spiro atoms. The quantitative estimate of drug-likeness (QED) is 0.368. The molecular formula is C5H10N4O3. The maximum absolute atomic E-state index is 10.6. The summed E-state index contributed by atoms with van der Waals surface area (Å²) in [5.41, 5.74) is 9.39. The van der Waals surface area contributed by atoms with Crippen LogP contribution in [0.25, 0.3) is 0 Å². The van der Waals surface area contributed by atoms with Crippen molar-refractivity contribution in [3.63, 3.8) is 0 Å². The first-order valence-electron chi connectivity index (χ1n) is 3.10. The molecule has 0 heterocycles. The smallest absolute Gasteiger partial charge is 0.318 e. The third kappa shape index (κ3) is 6.49. The van der Waals surface area contributed by atoms with E-state index in [0.29, 0.717) is 0 Å². The Kier molecular flexibility index (Phi) is 4.39. The van der Waals surface area contributed by atoms with E-state index in [1.165, 1.54) is 0 Å². The number of nitrogens with one attached hydrogen (secondary N) is 2. The molecule has 0 unspecified atom stereocenters. The van der Waals surface area contributed by atoms with Crippen LogP contribution in [0.3, 0.4) is 0 Å². The number of rotatable bonds is 4. The summed E-state index contributed by atoms with van der Waals surface area (Å²) in [6.07, 6.45) is 0. The van der Waals surface area contributed by atoms with Gasteiger partial charge in [-0.2, -0.15) is 0 Å². The van der Waals surface area contributed by atoms with Gasteiger partial charge >= 0.3 is 6.03 Å². The van der Waals surface area contributed by atoms with Gasteiger partial charge in [0.2, 0.25) is 11.8 Å². The molecule has 0 saturated heterocycles. The highest BCUT2D eigenvalue weighted by Gasteiger charge is 2.03. The summed E-state index contributed by atoms with van der Waals surface area (Å²) in [6.45, 7) is -0.294. The number of primary amides is 2. The van der Waals surface area contributed by atoms with Crippen molar-refractivity contribution >= 4 is 17.8 Å². The van der Waals surface area contributed by atoms with Crippen molar-refractivity contribution in [3.05, 3.63) is 0 Å². The van der Waals surface area contributed by atoms with Crippen LogP contribution >= 0.6 is 0 Å². The predicted octanol–water partition coefficient (Wildman–Crippen LogP) is -2.74. The van der Waals surface area contributed by atoms with E-state index in [0.717, 1.165) is 0 Å². The average Bonchev–Trinajstić information content (AvgIpc) is 1.84. The van der Waals surface area contributed by atoms with Crippen LogP contribution in [0.2, 0.25) is 0 Å². The van der Waals surface area contributed by atoms with E-state index < -0.39 is 17.8 Å². The van der Waals surface area contributed by atoms with Crippen molar-refractivity contribution in [1.82, 2.24) is 10.6 Å². The molecule has 68 valence electrons. The zero-order valence-electron chi connectivity index (χ0n) is 6.29. The van der Waals surface area contributed by atoms with Crippen LogP contribution in [0.1, 0.15) is 0 Å². The Morgan fingerprint density at radius 1 is 1.08 bits per heavy atom. The Balaban J connectivity index is 3.44. The Bertz CT molecular complexity index is 203. The number of carbonyl (C=O) groups is 3. The maximum atomic E-state index is 10.6. The van der Waals surface area contributed by atoms with Crippen LogP contribution in [0.15, 0.2) is 0 Å². The third-order valence-electron chi connectivity index (χ3n) is 0.847. The van der Waals surface area contributed by atoms with Crippen LogP contribution in [0, 0.1) is 0 Å². The molecule has 7 nitrogen and oxygen atoms in total. The molecular weight excluding hydrogens is 164 g/mol. The molecule has 0 aromatic rings. The summed E-state index contributed by atoms with van der Waals surface area (Å²) < 4.78 is 0. The minimum absolute atomic E-state index is 0.119. The van der Waals surface area contributed by atoms with E-state index >= 15 is 0 Å². The van der Waals surface area contributed by atoms with Crippen LogP contribution in [0.5, 0.6) is 0 Å². The molecule has 0 atom stereocenters. The molecule has 0 bridgehead atoms. The molecule has 7 heteroatoms. The van der Waals surface area contributed by atoms with Gasteiger partial charge in [-0.1, -0.05) is 0 Å². The Labute approximate surface area is 68.5 Å². The first-order chi connectivity index (χ1) is 5.52. The third-order valence-corrected chi connectivity index (χ3v) is 0.847. The zero-order valence-corrected chi connectivity index (χ0v) is 6.29. The molecule has 0 radical (unpaired) electrons. The highest BCUT2D eigenvalue weighted by molar-refractivity contribution is 5.94. The fraction of sp³-hybridized carbons (Fsp3) is 0.400. The van der Waals surface area contributed by atoms with Crippen LogP contribution in [0.4, 0.5) is 4.79 Å². The molecule has 4 amide bonds. The molecule has 0 aliphatic carbocycles. The van der Waals surface area contributed by atoms with Gasteiger partial charge in [0.15, 0.2) is 0 Å². The monoisotopic (exact) mass is 174 g/mol. The lowest BCUT2D eigenvalue weighted by molar-refractivity contribution is -0.119. The van der Waals surface area contributed by atoms with Gasteiger partial charge in [0.1, 0.15) is 0 Å². The standard InChI is InChI=1S/C5H10N4O3/c6-3(10)1-8-2-4(11)9-5(7)12/h8H,1-2H2,(H2,6,10)(H3,7,9,11,12). The SMILES string of the molecule is NC(=O)CNCC(=O)NC(N)=O. The van der Waals surface area contributed by atoms with Crippen molar-refractivity contribution in [1.29, 1.82) is 0 Å². The number of hydrogen-bond donors (Lipinski definition) is 4. The normalized spacial score (nSPS) is 9.00. The number of carbonyl (C=O) groups excluding carboxylic acids is 3. The van der Waals surface area contributed by atoms with Crippen LogP contribution < -0.4 is 22.1 Å². The van der Waals surface area contributed by atoms with E-state index in [9.17, 15) is 14.4 Å². The molecule has 0 aromatic carbocycles. The van der Waals surface area contributed by atoms with E-state index in [4.69, 9.17) is 5.73 Å². The van der Waals surface area contributed by atoms with Crippen LogP contribution in [-0.2, 0) is 9.59 Å². The van der Waals surface area contributed by atoms with E-state index in [1.54, 1.807) is 5.32 Å². The van der Waals surface area contributed by atoms with E-state index in [1.807, 2.05) is 0 Å². The molecule has 0 rings (SSSR count). The van der Waals surface area contributed by atoms with Gasteiger partial charge in [-0.05, 0) is 0 Å². The first-order valence-corrected chi connectivity index (χ1v) is 3.10. The Morgan fingerprint density at radius 3 is 2.08 bits per heavy atom. The number of amides is 4. The van der Waals surface area contributed by atoms with Gasteiger partial charge in [-0.3, -0.25) is 20.2 Å². The zero-order chi connectivity index (χ0) is 9.56. The lowest BCUT2D eigenvalue weighted by Gasteiger charge is -2.00. The summed E-state index contributed by atoms with van der Waals surface area (Å²) in [5.74, 6) is -1.19. The fourth-order valence-corrected chi connectivity index (χ4v) is 0.481. The average molecular weight is 174 g/mol. The highest BCUT2D eigenvalue weighted by atomic mass is 16.2. The molecule has 12 heavy (non-hydrogen) atoms. The number of urea groups is 1. The second kappa shape index (κ2) is 5.08. The number of nitrogens with two attached hydrogens (primary N) is 2. The summed E-state index contributed by atoms with van der Waals surface area (Å²) in [7, 11) is 0. The van der Waals surface area contributed by atoms with Crippen LogP contribution in [-0.4, -0.2) is 30.9 Å². The van der Waals surface area contributed by atoms with E-state index in [-0.39, 0.29) is 13.1 Å². The Hall–Kier alpha value is -1.63. The summed E-state index contributed by atoms with van der Waals surface area (Å²) in [4.78, 5) is 30.8. The molecule has 0 aromatic heterocycles. The van der Waals surface area contributed by atoms with Crippen molar-refractivity contribution < 1.29 is 14.4 Å². The van der Waals surface area contributed by atoms with Gasteiger partial charge in [0.05, 0.1) is 13.1 Å². The van der Waals surface area contributed by atoms with Gasteiger partial charge in [-0.15, -0.1) is 0 Å². The Morgan fingerprint density at radius 2 is 1.67 bits per heavy atom. The summed E-state index contributed by atoms with van der Waals surface area (Å²) >= 11 is 0. The minimum atomic E-state index is -0.930. The van der Waals surface area contributed by atoms with Crippen molar-refractivity contribution in [2.45, 2.75) is 0 Å². The largest absolute Gasteiger partial charge is 0.369 e. The fourth-order valence-electron chi connectivity index (χ4n) is 0.481. The van der Waals surface area contributed by atoms with Crippen molar-refractivity contribution in [2.75, 3.05) is 13.1 Å². The molecule has 0 fully saturated rings. The minimum Gasteiger partial charge on any atom is -0.369 e. The first kappa shape index (κ1) is 10.4. The highest BCUT2D eigenvalue weighted by Crippen LogP contribution is 1.63. The molecule has 0 saturated carbocycles. The lowest BCUT2D eigenvalue weighted by atomic mass is 10.5. The lowest BCUT2D eigenvalue weighted by Crippen LogP contribution is -2.42. The molecule has 0 aliphatic rings. The topological polar surface area (TPSA) is 127 Å². The van der Waals surface area contributed by atoms with Gasteiger partial charge < -0.3 is 11.5 Å². The number of hydrogen-bond acceptors (Lipinski definition) is 4. The van der Waals surface area contributed by atoms with Gasteiger partial charge in [0.25, 0.3) is 0 Å². The summed E-state index contributed by atoms with van der Waals surface area (Å²) in [5, 5.41) is 4.20. The second-order valence-electron chi connectivity index (χ2n) is 1.98. The second-order valence-corrected chi connectivity index (χ2v) is 1.98. The van der Waals surface area contributed by atoms with Crippen molar-refractivity contribution in [2.24, 2.45) is 11.5 Å². The molecule has 0 aliphatic heterocycles. The van der Waals surface area contributed by atoms with Gasteiger partial charge in [-0.25, -0.2) is 4.79 Å².